The van der Waals surface area contributed by atoms with Gasteiger partial charge in [-0.25, -0.2) is 5.43 Å². The summed E-state index contributed by atoms with van der Waals surface area (Å²) >= 11 is 5.73. The Morgan fingerprint density at radius 3 is 2.48 bits per heavy atom. The summed E-state index contributed by atoms with van der Waals surface area (Å²) in [7, 11) is 0. The van der Waals surface area contributed by atoms with Gasteiger partial charge in [-0.05, 0) is 38.1 Å². The molecule has 27 heavy (non-hydrogen) atoms. The molecule has 0 spiro atoms. The number of hydrogen-bond donors (Lipinski definition) is 2. The second-order valence-corrected chi connectivity index (χ2v) is 6.21. The SMILES string of the molecule is C/C(CC(=O)Nc1ccc(Cl)c([N+](=O)[O-])c1)=N/NC(=O)c1ccc(C)cc1. The molecule has 0 saturated heterocycles. The van der Waals surface area contributed by atoms with E-state index in [0.29, 0.717) is 11.3 Å². The monoisotopic (exact) mass is 388 g/mol. The molecular formula is C18H17ClN4O4. The number of hydrogen-bond acceptors (Lipinski definition) is 5. The Morgan fingerprint density at radius 1 is 1.19 bits per heavy atom. The van der Waals surface area contributed by atoms with Crippen LogP contribution in [0.3, 0.4) is 0 Å². The number of halogens is 1. The fourth-order valence-corrected chi connectivity index (χ4v) is 2.31. The van der Waals surface area contributed by atoms with Gasteiger partial charge < -0.3 is 5.32 Å². The lowest BCUT2D eigenvalue weighted by Gasteiger charge is -2.06. The summed E-state index contributed by atoms with van der Waals surface area (Å²) < 4.78 is 0. The number of nitrogens with zero attached hydrogens (tertiary/aromatic N) is 2. The quantitative estimate of drug-likeness (QED) is 0.446. The first-order valence-corrected chi connectivity index (χ1v) is 8.28. The fraction of sp³-hybridized carbons (Fsp3) is 0.167. The highest BCUT2D eigenvalue weighted by Crippen LogP contribution is 2.27. The lowest BCUT2D eigenvalue weighted by molar-refractivity contribution is -0.384. The van der Waals surface area contributed by atoms with E-state index in [2.05, 4.69) is 15.8 Å². The van der Waals surface area contributed by atoms with Crippen LogP contribution in [0.1, 0.15) is 29.3 Å². The minimum absolute atomic E-state index is 0.0189. The van der Waals surface area contributed by atoms with Crippen molar-refractivity contribution < 1.29 is 14.5 Å². The average molecular weight is 389 g/mol. The molecule has 8 nitrogen and oxygen atoms in total. The Morgan fingerprint density at radius 2 is 1.85 bits per heavy atom. The highest BCUT2D eigenvalue weighted by atomic mass is 35.5. The first kappa shape index (κ1) is 20.1. The third-order valence-electron chi connectivity index (χ3n) is 3.51. The standard InChI is InChI=1S/C18H17ClN4O4/c1-11-3-5-13(6-4-11)18(25)22-21-12(2)9-17(24)20-14-7-8-15(19)16(10-14)23(26)27/h3-8,10H,9H2,1-2H3,(H,20,24)(H,22,25)/b21-12-. The number of aryl methyl sites for hydroxylation is 1. The molecular weight excluding hydrogens is 372 g/mol. The number of carbonyl (C=O) groups excluding carboxylic acids is 2. The largest absolute Gasteiger partial charge is 0.326 e. The molecule has 0 atom stereocenters. The number of benzene rings is 2. The number of carbonyl (C=O) groups is 2. The number of amides is 2. The van der Waals surface area contributed by atoms with Crippen molar-refractivity contribution in [3.05, 3.63) is 68.7 Å². The van der Waals surface area contributed by atoms with Gasteiger partial charge in [0.25, 0.3) is 11.6 Å². The van der Waals surface area contributed by atoms with Crippen molar-refractivity contribution in [3.8, 4) is 0 Å². The van der Waals surface area contributed by atoms with Crippen LogP contribution in [-0.4, -0.2) is 22.4 Å². The van der Waals surface area contributed by atoms with E-state index < -0.39 is 10.8 Å². The topological polar surface area (TPSA) is 114 Å². The zero-order chi connectivity index (χ0) is 20.0. The molecule has 0 bridgehead atoms. The second-order valence-electron chi connectivity index (χ2n) is 5.80. The van der Waals surface area contributed by atoms with Crippen molar-refractivity contribution in [3.63, 3.8) is 0 Å². The fourth-order valence-electron chi connectivity index (χ4n) is 2.12. The van der Waals surface area contributed by atoms with Crippen LogP contribution in [-0.2, 0) is 4.79 Å². The van der Waals surface area contributed by atoms with Gasteiger partial charge in [-0.1, -0.05) is 29.3 Å². The van der Waals surface area contributed by atoms with E-state index in [4.69, 9.17) is 11.6 Å². The molecule has 0 heterocycles. The average Bonchev–Trinajstić information content (AvgIpc) is 2.61. The van der Waals surface area contributed by atoms with Gasteiger partial charge in [0.2, 0.25) is 5.91 Å². The molecule has 0 aliphatic rings. The smallest absolute Gasteiger partial charge is 0.289 e. The van der Waals surface area contributed by atoms with E-state index in [9.17, 15) is 19.7 Å². The van der Waals surface area contributed by atoms with Gasteiger partial charge in [0.05, 0.1) is 11.3 Å². The highest BCUT2D eigenvalue weighted by molar-refractivity contribution is 6.32. The molecule has 0 aliphatic carbocycles. The van der Waals surface area contributed by atoms with Crippen molar-refractivity contribution >= 4 is 40.5 Å². The Kier molecular flexibility index (Phi) is 6.62. The first-order chi connectivity index (χ1) is 12.8. The molecule has 2 N–H and O–H groups in total. The van der Waals surface area contributed by atoms with Crippen molar-refractivity contribution in [1.82, 2.24) is 5.43 Å². The number of rotatable bonds is 6. The van der Waals surface area contributed by atoms with Crippen molar-refractivity contribution in [1.29, 1.82) is 0 Å². The summed E-state index contributed by atoms with van der Waals surface area (Å²) in [6, 6.07) is 10.9. The minimum atomic E-state index is -0.634. The number of nitrogens with one attached hydrogen (secondary N) is 2. The van der Waals surface area contributed by atoms with Gasteiger partial charge >= 0.3 is 0 Å². The van der Waals surface area contributed by atoms with E-state index in [1.807, 2.05) is 19.1 Å². The van der Waals surface area contributed by atoms with Crippen LogP contribution in [0.4, 0.5) is 11.4 Å². The number of hydrazone groups is 1. The van der Waals surface area contributed by atoms with Crippen LogP contribution in [0.2, 0.25) is 5.02 Å². The molecule has 2 aromatic carbocycles. The van der Waals surface area contributed by atoms with Crippen LogP contribution in [0, 0.1) is 17.0 Å². The Labute approximate surface area is 160 Å². The third kappa shape index (κ3) is 5.89. The summed E-state index contributed by atoms with van der Waals surface area (Å²) in [5.74, 6) is -0.819. The number of anilines is 1. The predicted octanol–water partition coefficient (Wildman–Crippen LogP) is 3.69. The lowest BCUT2D eigenvalue weighted by atomic mass is 10.1. The van der Waals surface area contributed by atoms with E-state index in [1.165, 1.54) is 18.2 Å². The van der Waals surface area contributed by atoms with Crippen LogP contribution in [0.5, 0.6) is 0 Å². The molecule has 0 radical (unpaired) electrons. The third-order valence-corrected chi connectivity index (χ3v) is 3.82. The number of nitro groups is 1. The van der Waals surface area contributed by atoms with Crippen LogP contribution in [0.15, 0.2) is 47.6 Å². The van der Waals surface area contributed by atoms with Gasteiger partial charge in [-0.2, -0.15) is 5.10 Å². The number of nitro benzene ring substituents is 1. The molecule has 2 aromatic rings. The summed E-state index contributed by atoms with van der Waals surface area (Å²) in [5, 5.41) is 17.3. The highest BCUT2D eigenvalue weighted by Gasteiger charge is 2.14. The summed E-state index contributed by atoms with van der Waals surface area (Å²) in [6.45, 7) is 3.50. The summed E-state index contributed by atoms with van der Waals surface area (Å²) in [4.78, 5) is 34.2. The molecule has 0 aromatic heterocycles. The normalized spacial score (nSPS) is 11.0. The molecule has 0 aliphatic heterocycles. The van der Waals surface area contributed by atoms with E-state index in [0.717, 1.165) is 5.56 Å². The molecule has 0 unspecified atom stereocenters. The Hall–Kier alpha value is -3.26. The molecule has 9 heteroatoms. The first-order valence-electron chi connectivity index (χ1n) is 7.90. The van der Waals surface area contributed by atoms with E-state index in [1.54, 1.807) is 19.1 Å². The summed E-state index contributed by atoms with van der Waals surface area (Å²) in [6.07, 6.45) is -0.0927. The second kappa shape index (κ2) is 8.91. The zero-order valence-electron chi connectivity index (χ0n) is 14.7. The molecule has 2 amide bonds. The van der Waals surface area contributed by atoms with Crippen LogP contribution >= 0.6 is 11.6 Å². The maximum Gasteiger partial charge on any atom is 0.289 e. The Bertz CT molecular complexity index is 910. The van der Waals surface area contributed by atoms with Crippen LogP contribution < -0.4 is 10.7 Å². The van der Waals surface area contributed by atoms with Crippen molar-refractivity contribution in [2.75, 3.05) is 5.32 Å². The lowest BCUT2D eigenvalue weighted by Crippen LogP contribution is -2.21. The zero-order valence-corrected chi connectivity index (χ0v) is 15.4. The Balaban J connectivity index is 1.94. The molecule has 2 rings (SSSR count). The molecule has 0 saturated carbocycles. The maximum absolute atomic E-state index is 12.0. The van der Waals surface area contributed by atoms with Crippen LogP contribution in [0.25, 0.3) is 0 Å². The van der Waals surface area contributed by atoms with Gasteiger partial charge in [-0.15, -0.1) is 0 Å². The van der Waals surface area contributed by atoms with Gasteiger partial charge in [-0.3, -0.25) is 19.7 Å². The summed E-state index contributed by atoms with van der Waals surface area (Å²) in [5.41, 5.74) is 4.18. The van der Waals surface area contributed by atoms with E-state index in [-0.39, 0.29) is 28.7 Å². The van der Waals surface area contributed by atoms with E-state index >= 15 is 0 Å². The maximum atomic E-state index is 12.0. The molecule has 140 valence electrons. The van der Waals surface area contributed by atoms with Gasteiger partial charge in [0, 0.05) is 23.0 Å². The minimum Gasteiger partial charge on any atom is -0.326 e. The van der Waals surface area contributed by atoms with Crippen molar-refractivity contribution in [2.24, 2.45) is 5.10 Å². The predicted molar refractivity (Wildman–Crippen MR) is 103 cm³/mol. The van der Waals surface area contributed by atoms with Gasteiger partial charge in [0.1, 0.15) is 5.02 Å². The molecule has 0 fully saturated rings. The van der Waals surface area contributed by atoms with Crippen molar-refractivity contribution in [2.45, 2.75) is 20.3 Å². The van der Waals surface area contributed by atoms with Gasteiger partial charge in [0.15, 0.2) is 0 Å².